The molecule has 3 rings (SSSR count). The van der Waals surface area contributed by atoms with E-state index in [0.29, 0.717) is 0 Å². The van der Waals surface area contributed by atoms with Gasteiger partial charge in [0, 0.05) is 44.5 Å². The van der Waals surface area contributed by atoms with Crippen LogP contribution in [0, 0.1) is 0 Å². The predicted octanol–water partition coefficient (Wildman–Crippen LogP) is 2.90. The second-order valence-electron chi connectivity index (χ2n) is 5.62. The highest BCUT2D eigenvalue weighted by Gasteiger charge is 2.19. The molecule has 0 fully saturated rings. The van der Waals surface area contributed by atoms with Gasteiger partial charge in [0.05, 0.1) is 5.69 Å². The van der Waals surface area contributed by atoms with Crippen LogP contribution in [0.25, 0.3) is 11.3 Å². The summed E-state index contributed by atoms with van der Waals surface area (Å²) in [6.07, 6.45) is 3.57. The molecule has 2 aromatic rings. The molecule has 0 saturated carbocycles. The van der Waals surface area contributed by atoms with Crippen molar-refractivity contribution in [3.05, 3.63) is 29.8 Å². The Labute approximate surface area is 120 Å². The number of hydrogen-bond acceptors (Lipinski definition) is 3. The third-order valence-electron chi connectivity index (χ3n) is 3.95. The van der Waals surface area contributed by atoms with E-state index in [1.165, 1.54) is 35.5 Å². The van der Waals surface area contributed by atoms with Gasteiger partial charge in [0.1, 0.15) is 5.82 Å². The monoisotopic (exact) mass is 270 g/mol. The lowest BCUT2D eigenvalue weighted by molar-refractivity contribution is 0.757. The Hall–Kier alpha value is -1.97. The van der Waals surface area contributed by atoms with E-state index in [2.05, 4.69) is 48.6 Å². The first kappa shape index (κ1) is 13.0. The third kappa shape index (κ3) is 2.26. The average Bonchev–Trinajstić information content (AvgIpc) is 2.65. The highest BCUT2D eigenvalue weighted by molar-refractivity contribution is 5.71. The Morgan fingerprint density at radius 2 is 1.90 bits per heavy atom. The molecule has 0 unspecified atom stereocenters. The Morgan fingerprint density at radius 3 is 2.60 bits per heavy atom. The first-order valence-electron chi connectivity index (χ1n) is 7.24. The van der Waals surface area contributed by atoms with Crippen LogP contribution in [0.4, 0.5) is 11.5 Å². The second kappa shape index (κ2) is 5.19. The number of fused-ring (bicyclic) bond motifs is 1. The fraction of sp³-hybridized carbons (Fsp3) is 0.438. The molecule has 106 valence electrons. The molecule has 4 heteroatoms. The van der Waals surface area contributed by atoms with Gasteiger partial charge >= 0.3 is 0 Å². The normalized spacial score (nSPS) is 14.3. The van der Waals surface area contributed by atoms with Crippen LogP contribution in [0.3, 0.4) is 0 Å². The van der Waals surface area contributed by atoms with Gasteiger partial charge in [0.15, 0.2) is 0 Å². The number of benzene rings is 1. The van der Waals surface area contributed by atoms with E-state index >= 15 is 0 Å². The summed E-state index contributed by atoms with van der Waals surface area (Å²) in [6.45, 7) is 1.05. The van der Waals surface area contributed by atoms with Crippen LogP contribution in [0.2, 0.25) is 0 Å². The zero-order valence-electron chi connectivity index (χ0n) is 12.5. The quantitative estimate of drug-likeness (QED) is 0.911. The number of aryl methyl sites for hydroxylation is 1. The Balaban J connectivity index is 2.01. The van der Waals surface area contributed by atoms with Gasteiger partial charge in [-0.2, -0.15) is 5.10 Å². The molecule has 0 atom stereocenters. The number of hydrogen-bond donors (Lipinski definition) is 1. The lowest BCUT2D eigenvalue weighted by Gasteiger charge is -2.12. The van der Waals surface area contributed by atoms with E-state index in [9.17, 15) is 0 Å². The van der Waals surface area contributed by atoms with Crippen molar-refractivity contribution in [2.24, 2.45) is 7.05 Å². The molecule has 0 bridgehead atoms. The van der Waals surface area contributed by atoms with Crippen molar-refractivity contribution in [3.63, 3.8) is 0 Å². The molecule has 0 radical (unpaired) electrons. The second-order valence-corrected chi connectivity index (χ2v) is 5.62. The van der Waals surface area contributed by atoms with Crippen LogP contribution < -0.4 is 10.2 Å². The molecule has 1 aromatic carbocycles. The van der Waals surface area contributed by atoms with Crippen LogP contribution >= 0.6 is 0 Å². The van der Waals surface area contributed by atoms with E-state index in [1.54, 1.807) is 0 Å². The first-order valence-corrected chi connectivity index (χ1v) is 7.24. The average molecular weight is 270 g/mol. The SMILES string of the molecule is CN(C)c1ccc(-c2nn(C)c3c2CCCCN3)cc1. The summed E-state index contributed by atoms with van der Waals surface area (Å²) in [6, 6.07) is 8.65. The highest BCUT2D eigenvalue weighted by Crippen LogP contribution is 2.32. The molecule has 1 aromatic heterocycles. The van der Waals surface area contributed by atoms with Gasteiger partial charge in [0.25, 0.3) is 0 Å². The molecule has 0 saturated heterocycles. The topological polar surface area (TPSA) is 33.1 Å². The lowest BCUT2D eigenvalue weighted by atomic mass is 10.0. The van der Waals surface area contributed by atoms with Gasteiger partial charge in [-0.05, 0) is 31.4 Å². The lowest BCUT2D eigenvalue weighted by Crippen LogP contribution is -2.07. The van der Waals surface area contributed by atoms with Crippen LogP contribution in [0.5, 0.6) is 0 Å². The molecule has 0 amide bonds. The standard InChI is InChI=1S/C16H22N4/c1-19(2)13-9-7-12(8-10-13)15-14-6-4-5-11-17-16(14)20(3)18-15/h7-10,17H,4-6,11H2,1-3H3. The minimum absolute atomic E-state index is 1.05. The summed E-state index contributed by atoms with van der Waals surface area (Å²) < 4.78 is 1.98. The maximum Gasteiger partial charge on any atom is 0.127 e. The number of anilines is 2. The van der Waals surface area contributed by atoms with Gasteiger partial charge in [-0.1, -0.05) is 12.1 Å². The molecule has 1 aliphatic rings. The van der Waals surface area contributed by atoms with Crippen molar-refractivity contribution < 1.29 is 0 Å². The van der Waals surface area contributed by atoms with Crippen molar-refractivity contribution in [1.82, 2.24) is 9.78 Å². The zero-order chi connectivity index (χ0) is 14.1. The van der Waals surface area contributed by atoms with Gasteiger partial charge in [-0.25, -0.2) is 0 Å². The third-order valence-corrected chi connectivity index (χ3v) is 3.95. The molecular formula is C16H22N4. The van der Waals surface area contributed by atoms with Gasteiger partial charge in [-0.3, -0.25) is 4.68 Å². The zero-order valence-corrected chi connectivity index (χ0v) is 12.5. The summed E-state index contributed by atoms with van der Waals surface area (Å²) >= 11 is 0. The van der Waals surface area contributed by atoms with Crippen LogP contribution in [0.15, 0.2) is 24.3 Å². The maximum absolute atomic E-state index is 4.72. The van der Waals surface area contributed by atoms with E-state index in [0.717, 1.165) is 18.7 Å². The molecule has 2 heterocycles. The minimum atomic E-state index is 1.05. The van der Waals surface area contributed by atoms with E-state index < -0.39 is 0 Å². The summed E-state index contributed by atoms with van der Waals surface area (Å²) in [4.78, 5) is 2.12. The highest BCUT2D eigenvalue weighted by atomic mass is 15.3. The van der Waals surface area contributed by atoms with Crippen molar-refractivity contribution >= 4 is 11.5 Å². The fourth-order valence-electron chi connectivity index (χ4n) is 2.81. The fourth-order valence-corrected chi connectivity index (χ4v) is 2.81. The summed E-state index contributed by atoms with van der Waals surface area (Å²) in [5, 5.41) is 8.22. The molecule has 20 heavy (non-hydrogen) atoms. The number of nitrogens with one attached hydrogen (secondary N) is 1. The van der Waals surface area contributed by atoms with E-state index in [1.807, 2.05) is 11.7 Å². The van der Waals surface area contributed by atoms with Crippen molar-refractivity contribution in [1.29, 1.82) is 0 Å². The molecule has 0 spiro atoms. The Morgan fingerprint density at radius 1 is 1.15 bits per heavy atom. The van der Waals surface area contributed by atoms with Crippen LogP contribution in [-0.4, -0.2) is 30.4 Å². The largest absolute Gasteiger partial charge is 0.378 e. The molecule has 4 nitrogen and oxygen atoms in total. The molecule has 1 aliphatic heterocycles. The summed E-state index contributed by atoms with van der Waals surface area (Å²) in [5.74, 6) is 1.19. The maximum atomic E-state index is 4.72. The van der Waals surface area contributed by atoms with Gasteiger partial charge in [-0.15, -0.1) is 0 Å². The van der Waals surface area contributed by atoms with E-state index in [-0.39, 0.29) is 0 Å². The number of aromatic nitrogens is 2. The number of rotatable bonds is 2. The van der Waals surface area contributed by atoms with E-state index in [4.69, 9.17) is 5.10 Å². The van der Waals surface area contributed by atoms with Crippen molar-refractivity contribution in [3.8, 4) is 11.3 Å². The smallest absolute Gasteiger partial charge is 0.127 e. The molecule has 1 N–H and O–H groups in total. The van der Waals surface area contributed by atoms with Crippen molar-refractivity contribution in [2.45, 2.75) is 19.3 Å². The Kier molecular flexibility index (Phi) is 3.38. The van der Waals surface area contributed by atoms with Crippen molar-refractivity contribution in [2.75, 3.05) is 30.9 Å². The van der Waals surface area contributed by atoms with Crippen LogP contribution in [0.1, 0.15) is 18.4 Å². The van der Waals surface area contributed by atoms with Gasteiger partial charge < -0.3 is 10.2 Å². The molecule has 0 aliphatic carbocycles. The minimum Gasteiger partial charge on any atom is -0.378 e. The predicted molar refractivity (Wildman–Crippen MR) is 84.4 cm³/mol. The number of nitrogens with zero attached hydrogens (tertiary/aromatic N) is 3. The summed E-state index contributed by atoms with van der Waals surface area (Å²) in [7, 11) is 6.15. The Bertz CT molecular complexity index is 596. The summed E-state index contributed by atoms with van der Waals surface area (Å²) in [5.41, 5.74) is 4.91. The molecular weight excluding hydrogens is 248 g/mol. The first-order chi connectivity index (χ1) is 9.66. The van der Waals surface area contributed by atoms with Crippen LogP contribution in [-0.2, 0) is 13.5 Å². The van der Waals surface area contributed by atoms with Gasteiger partial charge in [0.2, 0.25) is 0 Å².